The number of rotatable bonds is 3. The normalized spacial score (nSPS) is 24.9. The van der Waals surface area contributed by atoms with Gasteiger partial charge in [-0.2, -0.15) is 5.26 Å². The van der Waals surface area contributed by atoms with E-state index in [1.165, 1.54) is 0 Å². The minimum Gasteiger partial charge on any atom is -0.341 e. The fourth-order valence-corrected chi connectivity index (χ4v) is 1.99. The van der Waals surface area contributed by atoms with Gasteiger partial charge in [0, 0.05) is 12.6 Å². The first-order valence-corrected chi connectivity index (χ1v) is 4.94. The Kier molecular flexibility index (Phi) is 3.75. The molecule has 0 saturated carbocycles. The van der Waals surface area contributed by atoms with E-state index in [1.807, 2.05) is 6.92 Å². The highest BCUT2D eigenvalue weighted by Crippen LogP contribution is 2.23. The maximum atomic E-state index is 10.7. The summed E-state index contributed by atoms with van der Waals surface area (Å²) in [6.45, 7) is 2.83. The van der Waals surface area contributed by atoms with Crippen molar-refractivity contribution in [1.29, 1.82) is 5.26 Å². The summed E-state index contributed by atoms with van der Waals surface area (Å²) < 4.78 is 0. The van der Waals surface area contributed by atoms with Gasteiger partial charge in [0.25, 0.3) is 0 Å². The fourth-order valence-electron chi connectivity index (χ4n) is 1.99. The van der Waals surface area contributed by atoms with Gasteiger partial charge in [0.2, 0.25) is 6.41 Å². The SMILES string of the molecule is CCC(C#N)C1CCCCN1C=O. The maximum Gasteiger partial charge on any atom is 0.209 e. The van der Waals surface area contributed by atoms with Crippen molar-refractivity contribution in [3.8, 4) is 6.07 Å². The molecule has 13 heavy (non-hydrogen) atoms. The third-order valence-corrected chi connectivity index (χ3v) is 2.80. The Bertz CT molecular complexity index is 209. The first kappa shape index (κ1) is 10.0. The third kappa shape index (κ3) is 2.21. The van der Waals surface area contributed by atoms with Crippen molar-refractivity contribution in [2.45, 2.75) is 38.6 Å². The molecule has 2 atom stereocenters. The second-order valence-electron chi connectivity index (χ2n) is 3.55. The van der Waals surface area contributed by atoms with Crippen molar-refractivity contribution in [3.05, 3.63) is 0 Å². The molecule has 1 fully saturated rings. The van der Waals surface area contributed by atoms with Crippen LogP contribution in [0.2, 0.25) is 0 Å². The molecule has 3 nitrogen and oxygen atoms in total. The lowest BCUT2D eigenvalue weighted by Crippen LogP contribution is -2.42. The van der Waals surface area contributed by atoms with Crippen LogP contribution in [0.5, 0.6) is 0 Å². The largest absolute Gasteiger partial charge is 0.341 e. The van der Waals surface area contributed by atoms with Gasteiger partial charge < -0.3 is 4.90 Å². The van der Waals surface area contributed by atoms with Crippen molar-refractivity contribution < 1.29 is 4.79 Å². The zero-order valence-electron chi connectivity index (χ0n) is 8.07. The Morgan fingerprint density at radius 3 is 3.00 bits per heavy atom. The van der Waals surface area contributed by atoms with E-state index in [1.54, 1.807) is 4.90 Å². The number of amides is 1. The summed E-state index contributed by atoms with van der Waals surface area (Å²) >= 11 is 0. The lowest BCUT2D eigenvalue weighted by atomic mass is 9.90. The second kappa shape index (κ2) is 4.86. The Labute approximate surface area is 79.3 Å². The minimum absolute atomic E-state index is 0.0190. The predicted molar refractivity (Wildman–Crippen MR) is 49.8 cm³/mol. The lowest BCUT2D eigenvalue weighted by Gasteiger charge is -2.35. The number of carbonyl (C=O) groups excluding carboxylic acids is 1. The summed E-state index contributed by atoms with van der Waals surface area (Å²) in [6, 6.07) is 2.45. The number of nitrogens with zero attached hydrogens (tertiary/aromatic N) is 2. The minimum atomic E-state index is 0.0190. The first-order chi connectivity index (χ1) is 6.33. The second-order valence-corrected chi connectivity index (χ2v) is 3.55. The monoisotopic (exact) mass is 180 g/mol. The van der Waals surface area contributed by atoms with E-state index >= 15 is 0 Å². The summed E-state index contributed by atoms with van der Waals surface area (Å²) in [4.78, 5) is 12.5. The molecule has 0 aromatic rings. The molecule has 0 aromatic carbocycles. The van der Waals surface area contributed by atoms with E-state index in [0.29, 0.717) is 0 Å². The summed E-state index contributed by atoms with van der Waals surface area (Å²) in [7, 11) is 0. The van der Waals surface area contributed by atoms with E-state index < -0.39 is 0 Å². The van der Waals surface area contributed by atoms with Gasteiger partial charge >= 0.3 is 0 Å². The van der Waals surface area contributed by atoms with Crippen molar-refractivity contribution in [2.75, 3.05) is 6.54 Å². The molecule has 2 unspecified atom stereocenters. The fraction of sp³-hybridized carbons (Fsp3) is 0.800. The zero-order valence-corrected chi connectivity index (χ0v) is 8.07. The van der Waals surface area contributed by atoms with Gasteiger partial charge in [-0.15, -0.1) is 0 Å². The van der Waals surface area contributed by atoms with Crippen LogP contribution in [0.3, 0.4) is 0 Å². The first-order valence-electron chi connectivity index (χ1n) is 4.94. The van der Waals surface area contributed by atoms with Gasteiger partial charge in [-0.05, 0) is 25.7 Å². The van der Waals surface area contributed by atoms with E-state index in [4.69, 9.17) is 5.26 Å². The molecule has 1 heterocycles. The number of likely N-dealkylation sites (tertiary alicyclic amines) is 1. The molecule has 0 bridgehead atoms. The van der Waals surface area contributed by atoms with Crippen LogP contribution in [-0.4, -0.2) is 23.9 Å². The number of hydrogen-bond donors (Lipinski definition) is 0. The number of nitriles is 1. The molecule has 3 heteroatoms. The van der Waals surface area contributed by atoms with Gasteiger partial charge in [-0.3, -0.25) is 4.79 Å². The third-order valence-electron chi connectivity index (χ3n) is 2.80. The quantitative estimate of drug-likeness (QED) is 0.618. The van der Waals surface area contributed by atoms with Gasteiger partial charge in [-0.25, -0.2) is 0 Å². The molecule has 0 aromatic heterocycles. The van der Waals surface area contributed by atoms with Crippen LogP contribution in [0.4, 0.5) is 0 Å². The predicted octanol–water partition coefficient (Wildman–Crippen LogP) is 1.55. The van der Waals surface area contributed by atoms with Crippen molar-refractivity contribution in [1.82, 2.24) is 4.90 Å². The highest BCUT2D eigenvalue weighted by Gasteiger charge is 2.27. The number of carbonyl (C=O) groups is 1. The Balaban J connectivity index is 2.63. The molecular weight excluding hydrogens is 164 g/mol. The number of piperidine rings is 1. The molecule has 1 rings (SSSR count). The molecule has 1 aliphatic rings. The summed E-state index contributed by atoms with van der Waals surface area (Å²) in [5.41, 5.74) is 0. The van der Waals surface area contributed by atoms with Crippen LogP contribution in [0, 0.1) is 17.2 Å². The Morgan fingerprint density at radius 1 is 1.69 bits per heavy atom. The molecule has 1 aliphatic heterocycles. The van der Waals surface area contributed by atoms with Gasteiger partial charge in [0.1, 0.15) is 0 Å². The maximum absolute atomic E-state index is 10.7. The average molecular weight is 180 g/mol. The zero-order chi connectivity index (χ0) is 9.68. The summed E-state index contributed by atoms with van der Waals surface area (Å²) in [5.74, 6) is 0.0190. The summed E-state index contributed by atoms with van der Waals surface area (Å²) in [5, 5.41) is 8.90. The van der Waals surface area contributed by atoms with Crippen LogP contribution in [-0.2, 0) is 4.79 Å². The van der Waals surface area contributed by atoms with E-state index in [9.17, 15) is 4.79 Å². The van der Waals surface area contributed by atoms with E-state index in [2.05, 4.69) is 6.07 Å². The molecule has 1 saturated heterocycles. The van der Waals surface area contributed by atoms with Crippen molar-refractivity contribution in [2.24, 2.45) is 5.92 Å². The highest BCUT2D eigenvalue weighted by atomic mass is 16.1. The van der Waals surface area contributed by atoms with Gasteiger partial charge in [0.05, 0.1) is 12.0 Å². The number of hydrogen-bond acceptors (Lipinski definition) is 2. The van der Waals surface area contributed by atoms with Crippen LogP contribution < -0.4 is 0 Å². The standard InChI is InChI=1S/C10H16N2O/c1-2-9(7-11)10-5-3-4-6-12(10)8-13/h8-10H,2-6H2,1H3. The van der Waals surface area contributed by atoms with Crippen molar-refractivity contribution >= 4 is 6.41 Å². The van der Waals surface area contributed by atoms with Gasteiger partial charge in [-0.1, -0.05) is 6.92 Å². The molecule has 0 aliphatic carbocycles. The molecule has 0 spiro atoms. The molecule has 1 amide bonds. The van der Waals surface area contributed by atoms with Gasteiger partial charge in [0.15, 0.2) is 0 Å². The van der Waals surface area contributed by atoms with E-state index in [0.717, 1.165) is 38.6 Å². The van der Waals surface area contributed by atoms with E-state index in [-0.39, 0.29) is 12.0 Å². The molecule has 72 valence electrons. The highest BCUT2D eigenvalue weighted by molar-refractivity contribution is 5.48. The molecular formula is C10H16N2O. The van der Waals surface area contributed by atoms with Crippen LogP contribution in [0.25, 0.3) is 0 Å². The van der Waals surface area contributed by atoms with Crippen molar-refractivity contribution in [3.63, 3.8) is 0 Å². The molecule has 0 N–H and O–H groups in total. The lowest BCUT2D eigenvalue weighted by molar-refractivity contribution is -0.122. The van der Waals surface area contributed by atoms with Crippen LogP contribution in [0.1, 0.15) is 32.6 Å². The topological polar surface area (TPSA) is 44.1 Å². The average Bonchev–Trinajstić information content (AvgIpc) is 2.20. The van der Waals surface area contributed by atoms with Crippen LogP contribution >= 0.6 is 0 Å². The van der Waals surface area contributed by atoms with Crippen LogP contribution in [0.15, 0.2) is 0 Å². The smallest absolute Gasteiger partial charge is 0.209 e. The molecule has 0 radical (unpaired) electrons. The summed E-state index contributed by atoms with van der Waals surface area (Å²) in [6.07, 6.45) is 4.95. The Hall–Kier alpha value is -1.04. The Morgan fingerprint density at radius 2 is 2.46 bits per heavy atom.